The number of aromatic nitrogens is 5. The highest BCUT2D eigenvalue weighted by molar-refractivity contribution is 6.04. The second-order valence-electron chi connectivity index (χ2n) is 8.09. The average molecular weight is 504 g/mol. The molecule has 0 fully saturated rings. The van der Waals surface area contributed by atoms with E-state index in [-0.39, 0.29) is 11.6 Å². The van der Waals surface area contributed by atoms with Crippen molar-refractivity contribution in [2.24, 2.45) is 0 Å². The predicted octanol–water partition coefficient (Wildman–Crippen LogP) is 3.07. The minimum absolute atomic E-state index is 0.242. The fourth-order valence-electron chi connectivity index (χ4n) is 3.47. The Morgan fingerprint density at radius 2 is 1.92 bits per heavy atom. The number of anilines is 2. The lowest BCUT2D eigenvalue weighted by Crippen LogP contribution is -2.14. The van der Waals surface area contributed by atoms with Crippen LogP contribution in [0, 0.1) is 0 Å². The molecule has 11 nitrogen and oxygen atoms in total. The van der Waals surface area contributed by atoms with E-state index in [1.165, 1.54) is 0 Å². The molecule has 0 bridgehead atoms. The summed E-state index contributed by atoms with van der Waals surface area (Å²) in [4.78, 5) is 26.4. The summed E-state index contributed by atoms with van der Waals surface area (Å²) in [6.45, 7) is 3.57. The van der Waals surface area contributed by atoms with E-state index in [0.29, 0.717) is 55.0 Å². The van der Waals surface area contributed by atoms with Crippen molar-refractivity contribution < 1.29 is 19.4 Å². The Balaban J connectivity index is 1.51. The summed E-state index contributed by atoms with van der Waals surface area (Å²) in [5.41, 5.74) is 3.27. The molecule has 192 valence electrons. The van der Waals surface area contributed by atoms with Crippen LogP contribution in [-0.2, 0) is 16.0 Å². The molecule has 4 aromatic heterocycles. The Kier molecular flexibility index (Phi) is 8.87. The third kappa shape index (κ3) is 7.17. The van der Waals surface area contributed by atoms with E-state index >= 15 is 0 Å². The van der Waals surface area contributed by atoms with Crippen molar-refractivity contribution in [3.63, 3.8) is 0 Å². The second-order valence-corrected chi connectivity index (χ2v) is 8.09. The van der Waals surface area contributed by atoms with Gasteiger partial charge in [0.1, 0.15) is 23.4 Å². The summed E-state index contributed by atoms with van der Waals surface area (Å²) >= 11 is 0. The predicted molar refractivity (Wildman–Crippen MR) is 139 cm³/mol. The molecule has 0 saturated heterocycles. The smallest absolute Gasteiger partial charge is 0.274 e. The molecule has 4 aromatic rings. The van der Waals surface area contributed by atoms with Crippen molar-refractivity contribution >= 4 is 17.4 Å². The minimum Gasteiger partial charge on any atom is -0.382 e. The lowest BCUT2D eigenvalue weighted by molar-refractivity contribution is 0.0654. The van der Waals surface area contributed by atoms with Crippen LogP contribution >= 0.6 is 0 Å². The van der Waals surface area contributed by atoms with Crippen LogP contribution in [0.1, 0.15) is 17.4 Å². The van der Waals surface area contributed by atoms with E-state index in [9.17, 15) is 9.90 Å². The molecule has 11 heteroatoms. The van der Waals surface area contributed by atoms with Crippen molar-refractivity contribution in [2.75, 3.05) is 37.6 Å². The SMILES string of the molecule is COCCOCCn1cc(NC(=O)c2cccc(-c3ccc(NC(C)O)nc3)n2)c(-c2ccccn2)n1. The van der Waals surface area contributed by atoms with Gasteiger partial charge in [0.05, 0.1) is 43.4 Å². The van der Waals surface area contributed by atoms with Gasteiger partial charge in [0.15, 0.2) is 0 Å². The number of methoxy groups -OCH3 is 1. The topological polar surface area (TPSA) is 136 Å². The van der Waals surface area contributed by atoms with Crippen LogP contribution in [0.5, 0.6) is 0 Å². The highest BCUT2D eigenvalue weighted by Crippen LogP contribution is 2.25. The molecule has 0 aliphatic rings. The normalized spacial score (nSPS) is 11.8. The number of amides is 1. The molecule has 1 amide bonds. The zero-order valence-electron chi connectivity index (χ0n) is 20.7. The van der Waals surface area contributed by atoms with E-state index in [4.69, 9.17) is 9.47 Å². The Morgan fingerprint density at radius 3 is 2.65 bits per heavy atom. The molecule has 0 aliphatic heterocycles. The Labute approximate surface area is 214 Å². The number of hydrogen-bond acceptors (Lipinski definition) is 9. The summed E-state index contributed by atoms with van der Waals surface area (Å²) in [5, 5.41) is 19.8. The molecule has 0 aliphatic carbocycles. The van der Waals surface area contributed by atoms with E-state index in [1.54, 1.807) is 61.6 Å². The van der Waals surface area contributed by atoms with E-state index < -0.39 is 6.23 Å². The number of pyridine rings is 3. The highest BCUT2D eigenvalue weighted by atomic mass is 16.5. The molecule has 4 heterocycles. The van der Waals surface area contributed by atoms with Gasteiger partial charge in [-0.1, -0.05) is 12.1 Å². The number of ether oxygens (including phenoxy) is 2. The van der Waals surface area contributed by atoms with E-state index in [0.717, 1.165) is 5.56 Å². The Hall–Kier alpha value is -4.19. The second kappa shape index (κ2) is 12.7. The van der Waals surface area contributed by atoms with E-state index in [1.807, 2.05) is 24.3 Å². The van der Waals surface area contributed by atoms with Gasteiger partial charge in [0, 0.05) is 31.3 Å². The van der Waals surface area contributed by atoms with Gasteiger partial charge in [-0.2, -0.15) is 5.10 Å². The van der Waals surface area contributed by atoms with Gasteiger partial charge in [-0.15, -0.1) is 0 Å². The summed E-state index contributed by atoms with van der Waals surface area (Å²) < 4.78 is 12.2. The molecule has 1 atom stereocenters. The minimum atomic E-state index is -0.716. The molecule has 0 saturated carbocycles. The number of aliphatic hydroxyl groups excluding tert-OH is 1. The maximum Gasteiger partial charge on any atom is 0.274 e. The lowest BCUT2D eigenvalue weighted by Gasteiger charge is -2.09. The molecule has 3 N–H and O–H groups in total. The quantitative estimate of drug-likeness (QED) is 0.197. The first kappa shape index (κ1) is 25.9. The molecular weight excluding hydrogens is 474 g/mol. The van der Waals surface area contributed by atoms with Crippen molar-refractivity contribution in [3.05, 3.63) is 72.8 Å². The Bertz CT molecular complexity index is 1290. The summed E-state index contributed by atoms with van der Waals surface area (Å²) in [6, 6.07) is 14.3. The summed E-state index contributed by atoms with van der Waals surface area (Å²) in [7, 11) is 1.62. The van der Waals surface area contributed by atoms with Crippen LogP contribution < -0.4 is 10.6 Å². The van der Waals surface area contributed by atoms with Crippen LogP contribution in [0.4, 0.5) is 11.5 Å². The zero-order valence-corrected chi connectivity index (χ0v) is 20.7. The first-order valence-corrected chi connectivity index (χ1v) is 11.8. The van der Waals surface area contributed by atoms with Crippen LogP contribution in [0.15, 0.2) is 67.1 Å². The third-order valence-electron chi connectivity index (χ3n) is 5.21. The number of nitrogens with one attached hydrogen (secondary N) is 2. The largest absolute Gasteiger partial charge is 0.382 e. The fraction of sp³-hybridized carbons (Fsp3) is 0.269. The van der Waals surface area contributed by atoms with Crippen molar-refractivity contribution in [1.82, 2.24) is 24.7 Å². The van der Waals surface area contributed by atoms with Crippen LogP contribution in [0.2, 0.25) is 0 Å². The van der Waals surface area contributed by atoms with Gasteiger partial charge in [0.2, 0.25) is 0 Å². The van der Waals surface area contributed by atoms with Crippen LogP contribution in [0.3, 0.4) is 0 Å². The molecule has 1 unspecified atom stereocenters. The number of hydrogen-bond donors (Lipinski definition) is 3. The standard InChI is InChI=1S/C26H29N7O4/c1-18(34)29-24-10-9-19(16-28-24)20-7-5-8-22(30-20)26(35)31-23-17-33(12-13-37-15-14-36-2)32-25(23)21-6-3-4-11-27-21/h3-11,16-18,34H,12-15H2,1-2H3,(H,28,29)(H,31,35). The number of carbonyl (C=O) groups excluding carboxylic acids is 1. The molecule has 37 heavy (non-hydrogen) atoms. The molecule has 0 spiro atoms. The number of carbonyl (C=O) groups is 1. The maximum atomic E-state index is 13.2. The van der Waals surface area contributed by atoms with Crippen molar-refractivity contribution in [2.45, 2.75) is 19.7 Å². The summed E-state index contributed by atoms with van der Waals surface area (Å²) in [6.07, 6.45) is 4.34. The van der Waals surface area contributed by atoms with Crippen molar-refractivity contribution in [1.29, 1.82) is 0 Å². The van der Waals surface area contributed by atoms with Gasteiger partial charge in [-0.3, -0.25) is 14.5 Å². The lowest BCUT2D eigenvalue weighted by atomic mass is 10.1. The molecule has 0 radical (unpaired) electrons. The number of rotatable bonds is 12. The molecular formula is C26H29N7O4. The zero-order chi connectivity index (χ0) is 26.0. The monoisotopic (exact) mass is 503 g/mol. The maximum absolute atomic E-state index is 13.2. The van der Waals surface area contributed by atoms with E-state index in [2.05, 4.69) is 30.7 Å². The first-order valence-electron chi connectivity index (χ1n) is 11.8. The molecule has 0 aromatic carbocycles. The third-order valence-corrected chi connectivity index (χ3v) is 5.21. The van der Waals surface area contributed by atoms with Crippen LogP contribution in [0.25, 0.3) is 22.6 Å². The fourth-order valence-corrected chi connectivity index (χ4v) is 3.47. The van der Waals surface area contributed by atoms with Crippen LogP contribution in [-0.4, -0.2) is 68.9 Å². The Morgan fingerprint density at radius 1 is 1.05 bits per heavy atom. The van der Waals surface area contributed by atoms with Gasteiger partial charge in [-0.25, -0.2) is 9.97 Å². The highest BCUT2D eigenvalue weighted by Gasteiger charge is 2.17. The number of nitrogens with zero attached hydrogens (tertiary/aromatic N) is 5. The van der Waals surface area contributed by atoms with Crippen molar-refractivity contribution in [3.8, 4) is 22.6 Å². The molecule has 4 rings (SSSR count). The van der Waals surface area contributed by atoms with Gasteiger partial charge >= 0.3 is 0 Å². The average Bonchev–Trinajstić information content (AvgIpc) is 3.31. The van der Waals surface area contributed by atoms with Gasteiger partial charge < -0.3 is 25.2 Å². The van der Waals surface area contributed by atoms with Gasteiger partial charge in [0.25, 0.3) is 5.91 Å². The first-order chi connectivity index (χ1) is 18.0. The number of aliphatic hydroxyl groups is 1. The van der Waals surface area contributed by atoms with Gasteiger partial charge in [-0.05, 0) is 43.3 Å². The summed E-state index contributed by atoms with van der Waals surface area (Å²) in [5.74, 6) is 0.158.